The van der Waals surface area contributed by atoms with Crippen molar-refractivity contribution >= 4 is 5.91 Å². The number of amides is 1. The fraction of sp³-hybridized carbons (Fsp3) is 0.533. The second kappa shape index (κ2) is 7.92. The molecule has 1 unspecified atom stereocenters. The number of hydrogen-bond acceptors (Lipinski definition) is 3. The van der Waals surface area contributed by atoms with Crippen LogP contribution in [0.3, 0.4) is 0 Å². The third kappa shape index (κ3) is 5.41. The van der Waals surface area contributed by atoms with Gasteiger partial charge in [-0.05, 0) is 30.0 Å². The third-order valence-electron chi connectivity index (χ3n) is 2.84. The fourth-order valence-corrected chi connectivity index (χ4v) is 1.94. The Bertz CT molecular complexity index is 387. The number of carbonyl (C=O) groups excluding carboxylic acids is 1. The molecular weight excluding hydrogens is 242 g/mol. The van der Waals surface area contributed by atoms with Crippen LogP contribution in [0.15, 0.2) is 24.3 Å². The summed E-state index contributed by atoms with van der Waals surface area (Å²) in [6, 6.07) is 7.09. The lowest BCUT2D eigenvalue weighted by Gasteiger charge is -2.18. The van der Waals surface area contributed by atoms with E-state index in [1.165, 1.54) is 0 Å². The predicted molar refractivity (Wildman–Crippen MR) is 75.0 cm³/mol. The van der Waals surface area contributed by atoms with Crippen molar-refractivity contribution in [3.05, 3.63) is 35.4 Å². The molecule has 0 bridgehead atoms. The molecule has 1 amide bonds. The average molecular weight is 265 g/mol. The van der Waals surface area contributed by atoms with E-state index in [1.807, 2.05) is 12.1 Å². The second-order valence-electron chi connectivity index (χ2n) is 5.11. The summed E-state index contributed by atoms with van der Waals surface area (Å²) < 4.78 is 5.02. The largest absolute Gasteiger partial charge is 0.394 e. The summed E-state index contributed by atoms with van der Waals surface area (Å²) >= 11 is 0. The highest BCUT2D eigenvalue weighted by molar-refractivity contribution is 5.94. The molecule has 1 atom stereocenters. The van der Waals surface area contributed by atoms with Crippen molar-refractivity contribution in [2.45, 2.75) is 32.9 Å². The van der Waals surface area contributed by atoms with Crippen LogP contribution in [0.2, 0.25) is 0 Å². The molecule has 0 aliphatic rings. The van der Waals surface area contributed by atoms with Crippen LogP contribution in [-0.2, 0) is 11.3 Å². The lowest BCUT2D eigenvalue weighted by atomic mass is 10.0. The molecule has 2 N–H and O–H groups in total. The Kier molecular flexibility index (Phi) is 6.53. The Labute approximate surface area is 114 Å². The maximum Gasteiger partial charge on any atom is 0.251 e. The molecule has 1 aromatic carbocycles. The molecule has 0 aliphatic carbocycles. The van der Waals surface area contributed by atoms with Gasteiger partial charge in [0.2, 0.25) is 0 Å². The van der Waals surface area contributed by atoms with Gasteiger partial charge in [-0.2, -0.15) is 0 Å². The standard InChI is InChI=1S/C15H23NO3/c1-11(2)8-14(9-17)16-15(18)13-6-4-12(5-7-13)10-19-3/h4-7,11,14,17H,8-10H2,1-3H3,(H,16,18). The van der Waals surface area contributed by atoms with Gasteiger partial charge in [0.05, 0.1) is 19.3 Å². The van der Waals surface area contributed by atoms with Gasteiger partial charge in [0.15, 0.2) is 0 Å². The number of benzene rings is 1. The van der Waals surface area contributed by atoms with Crippen LogP contribution in [-0.4, -0.2) is 30.8 Å². The minimum absolute atomic E-state index is 0.0360. The summed E-state index contributed by atoms with van der Waals surface area (Å²) in [7, 11) is 1.64. The van der Waals surface area contributed by atoms with Gasteiger partial charge >= 0.3 is 0 Å². The molecule has 0 spiro atoms. The number of carbonyl (C=O) groups is 1. The summed E-state index contributed by atoms with van der Waals surface area (Å²) in [5.41, 5.74) is 1.63. The Morgan fingerprint density at radius 1 is 1.32 bits per heavy atom. The topological polar surface area (TPSA) is 58.6 Å². The summed E-state index contributed by atoms with van der Waals surface area (Å²) in [5, 5.41) is 12.1. The minimum atomic E-state index is -0.189. The van der Waals surface area contributed by atoms with Crippen molar-refractivity contribution < 1.29 is 14.6 Å². The van der Waals surface area contributed by atoms with Crippen molar-refractivity contribution in [1.82, 2.24) is 5.32 Å². The van der Waals surface area contributed by atoms with Crippen molar-refractivity contribution in [1.29, 1.82) is 0 Å². The van der Waals surface area contributed by atoms with E-state index in [0.29, 0.717) is 18.1 Å². The minimum Gasteiger partial charge on any atom is -0.394 e. The number of ether oxygens (including phenoxy) is 1. The van der Waals surface area contributed by atoms with Gasteiger partial charge in [-0.25, -0.2) is 0 Å². The molecule has 0 fully saturated rings. The molecular formula is C15H23NO3. The maximum absolute atomic E-state index is 12.0. The molecule has 0 aliphatic heterocycles. The molecule has 1 aromatic rings. The van der Waals surface area contributed by atoms with Gasteiger partial charge in [0, 0.05) is 12.7 Å². The number of methoxy groups -OCH3 is 1. The first-order valence-electron chi connectivity index (χ1n) is 6.56. The molecule has 4 heteroatoms. The van der Waals surface area contributed by atoms with E-state index >= 15 is 0 Å². The first kappa shape index (κ1) is 15.7. The Morgan fingerprint density at radius 3 is 2.42 bits per heavy atom. The summed E-state index contributed by atoms with van der Waals surface area (Å²) in [4.78, 5) is 12.0. The monoisotopic (exact) mass is 265 g/mol. The van der Waals surface area contributed by atoms with E-state index < -0.39 is 0 Å². The molecule has 0 heterocycles. The fourth-order valence-electron chi connectivity index (χ4n) is 1.94. The smallest absolute Gasteiger partial charge is 0.251 e. The van der Waals surface area contributed by atoms with Crippen LogP contribution in [0.25, 0.3) is 0 Å². The van der Waals surface area contributed by atoms with E-state index in [2.05, 4.69) is 19.2 Å². The number of nitrogens with one attached hydrogen (secondary N) is 1. The van der Waals surface area contributed by atoms with E-state index in [0.717, 1.165) is 12.0 Å². The van der Waals surface area contributed by atoms with Gasteiger partial charge in [-0.3, -0.25) is 4.79 Å². The highest BCUT2D eigenvalue weighted by Crippen LogP contribution is 2.08. The highest BCUT2D eigenvalue weighted by Gasteiger charge is 2.14. The van der Waals surface area contributed by atoms with Crippen molar-refractivity contribution in [2.75, 3.05) is 13.7 Å². The lowest BCUT2D eigenvalue weighted by Crippen LogP contribution is -2.38. The normalized spacial score (nSPS) is 12.5. The zero-order chi connectivity index (χ0) is 14.3. The second-order valence-corrected chi connectivity index (χ2v) is 5.11. The quantitative estimate of drug-likeness (QED) is 0.792. The SMILES string of the molecule is COCc1ccc(C(=O)NC(CO)CC(C)C)cc1. The van der Waals surface area contributed by atoms with Crippen molar-refractivity contribution in [3.63, 3.8) is 0 Å². The number of hydrogen-bond donors (Lipinski definition) is 2. The van der Waals surface area contributed by atoms with Crippen LogP contribution in [0.4, 0.5) is 0 Å². The van der Waals surface area contributed by atoms with Crippen LogP contribution in [0.5, 0.6) is 0 Å². The third-order valence-corrected chi connectivity index (χ3v) is 2.84. The van der Waals surface area contributed by atoms with E-state index in [-0.39, 0.29) is 18.6 Å². The lowest BCUT2D eigenvalue weighted by molar-refractivity contribution is 0.0908. The number of aliphatic hydroxyl groups is 1. The van der Waals surface area contributed by atoms with E-state index in [1.54, 1.807) is 19.2 Å². The van der Waals surface area contributed by atoms with Crippen molar-refractivity contribution in [3.8, 4) is 0 Å². The maximum atomic E-state index is 12.0. The average Bonchev–Trinajstić information content (AvgIpc) is 2.38. The number of aliphatic hydroxyl groups excluding tert-OH is 1. The molecule has 19 heavy (non-hydrogen) atoms. The molecule has 0 radical (unpaired) electrons. The van der Waals surface area contributed by atoms with Gasteiger partial charge in [-0.1, -0.05) is 26.0 Å². The highest BCUT2D eigenvalue weighted by atomic mass is 16.5. The number of rotatable bonds is 7. The molecule has 1 rings (SSSR count). The van der Waals surface area contributed by atoms with Gasteiger partial charge < -0.3 is 15.2 Å². The molecule has 106 valence electrons. The van der Waals surface area contributed by atoms with Gasteiger partial charge in [-0.15, -0.1) is 0 Å². The first-order valence-corrected chi connectivity index (χ1v) is 6.56. The first-order chi connectivity index (χ1) is 9.06. The van der Waals surface area contributed by atoms with Crippen LogP contribution in [0, 0.1) is 5.92 Å². The molecule has 0 aromatic heterocycles. The Balaban J connectivity index is 2.61. The molecule has 0 saturated carbocycles. The molecule has 0 saturated heterocycles. The zero-order valence-electron chi connectivity index (χ0n) is 11.8. The Hall–Kier alpha value is -1.39. The van der Waals surface area contributed by atoms with Gasteiger partial charge in [0.25, 0.3) is 5.91 Å². The van der Waals surface area contributed by atoms with E-state index in [4.69, 9.17) is 4.74 Å². The van der Waals surface area contributed by atoms with E-state index in [9.17, 15) is 9.90 Å². The summed E-state index contributed by atoms with van der Waals surface area (Å²) in [6.07, 6.45) is 0.768. The van der Waals surface area contributed by atoms with Gasteiger partial charge in [0.1, 0.15) is 0 Å². The molecule has 4 nitrogen and oxygen atoms in total. The van der Waals surface area contributed by atoms with Crippen LogP contribution < -0.4 is 5.32 Å². The van der Waals surface area contributed by atoms with Crippen LogP contribution in [0.1, 0.15) is 36.2 Å². The summed E-state index contributed by atoms with van der Waals surface area (Å²) in [6.45, 7) is 4.63. The zero-order valence-corrected chi connectivity index (χ0v) is 11.8. The van der Waals surface area contributed by atoms with Crippen LogP contribution >= 0.6 is 0 Å². The predicted octanol–water partition coefficient (Wildman–Crippen LogP) is 1.97. The Morgan fingerprint density at radius 2 is 1.95 bits per heavy atom. The van der Waals surface area contributed by atoms with Crippen molar-refractivity contribution in [2.24, 2.45) is 5.92 Å². The summed E-state index contributed by atoms with van der Waals surface area (Å²) in [5.74, 6) is 0.283.